The van der Waals surface area contributed by atoms with Gasteiger partial charge in [-0.15, -0.1) is 4.36 Å². The second kappa shape index (κ2) is 7.56. The van der Waals surface area contributed by atoms with Crippen LogP contribution in [0.25, 0.3) is 0 Å². The third-order valence-electron chi connectivity index (χ3n) is 5.40. The van der Waals surface area contributed by atoms with Crippen molar-refractivity contribution < 1.29 is 13.7 Å². The first-order valence-electron chi connectivity index (χ1n) is 9.61. The monoisotopic (exact) mass is 403 g/mol. The summed E-state index contributed by atoms with van der Waals surface area (Å²) in [4.78, 5) is 16.7. The number of hydrogen-bond donors (Lipinski definition) is 3. The largest absolute Gasteiger partial charge is 0.477 e. The van der Waals surface area contributed by atoms with E-state index in [0.717, 1.165) is 56.8 Å². The standard InChI is InChI=1S/C19H25N5O3S/c20-11-16(18-22-8-3-9-27-18)28(21,26)24-19(25)23-17-14-6-1-4-12(14)10-13-5-2-7-15(13)17/h10-11H,1-9,20H2,(H3,21,23,24,25,26)/b16-11+. The van der Waals surface area contributed by atoms with E-state index in [1.165, 1.54) is 22.3 Å². The molecule has 1 aromatic carbocycles. The Hall–Kier alpha value is -2.39. The van der Waals surface area contributed by atoms with Gasteiger partial charge in [-0.25, -0.2) is 14.1 Å². The number of nitrogens with two attached hydrogens (primary N) is 2. The van der Waals surface area contributed by atoms with Crippen molar-refractivity contribution in [3.8, 4) is 0 Å². The van der Waals surface area contributed by atoms with Gasteiger partial charge in [-0.3, -0.25) is 4.99 Å². The third kappa shape index (κ3) is 3.51. The Morgan fingerprint density at radius 1 is 1.18 bits per heavy atom. The number of aryl methyl sites for hydroxylation is 2. The van der Waals surface area contributed by atoms with E-state index >= 15 is 0 Å². The smallest absolute Gasteiger partial charge is 0.354 e. The number of ether oxygens (including phenoxy) is 1. The Bertz CT molecular complexity index is 973. The van der Waals surface area contributed by atoms with Crippen LogP contribution in [-0.2, 0) is 40.3 Å². The zero-order valence-electron chi connectivity index (χ0n) is 15.7. The molecule has 3 aliphatic rings. The number of carbonyl (C=O) groups is 1. The predicted octanol–water partition coefficient (Wildman–Crippen LogP) is 2.16. The molecule has 0 radical (unpaired) electrons. The maximum absolute atomic E-state index is 12.9. The molecule has 0 saturated heterocycles. The van der Waals surface area contributed by atoms with E-state index in [2.05, 4.69) is 20.7 Å². The first kappa shape index (κ1) is 18.9. The molecule has 5 N–H and O–H groups in total. The van der Waals surface area contributed by atoms with Crippen molar-refractivity contribution in [2.45, 2.75) is 44.9 Å². The molecule has 1 atom stereocenters. The number of nitrogens with one attached hydrogen (secondary N) is 1. The van der Waals surface area contributed by atoms with Crippen molar-refractivity contribution >= 4 is 27.5 Å². The Labute approximate surface area is 164 Å². The Morgan fingerprint density at radius 3 is 2.43 bits per heavy atom. The van der Waals surface area contributed by atoms with Gasteiger partial charge in [0.25, 0.3) is 0 Å². The molecule has 1 unspecified atom stereocenters. The minimum atomic E-state index is -3.58. The molecule has 4 rings (SSSR count). The number of carbonyl (C=O) groups excluding carboxylic acids is 1. The Morgan fingerprint density at radius 2 is 1.86 bits per heavy atom. The topological polar surface area (TPSA) is 132 Å². The molecule has 0 saturated carbocycles. The number of benzene rings is 1. The van der Waals surface area contributed by atoms with Gasteiger partial charge in [0.05, 0.1) is 6.61 Å². The van der Waals surface area contributed by atoms with E-state index in [1.807, 2.05) is 0 Å². The summed E-state index contributed by atoms with van der Waals surface area (Å²) in [5.74, 6) is 0.0966. The summed E-state index contributed by atoms with van der Waals surface area (Å²) in [7, 11) is -3.58. The molecule has 2 aliphatic carbocycles. The van der Waals surface area contributed by atoms with Gasteiger partial charge in [-0.05, 0) is 60.8 Å². The van der Waals surface area contributed by atoms with Crippen LogP contribution in [0.2, 0.25) is 0 Å². The fraction of sp³-hybridized carbons (Fsp3) is 0.474. The minimum absolute atomic E-state index is 0.0501. The lowest BCUT2D eigenvalue weighted by Crippen LogP contribution is -2.28. The highest BCUT2D eigenvalue weighted by molar-refractivity contribution is 7.96. The third-order valence-corrected chi connectivity index (χ3v) is 6.78. The van der Waals surface area contributed by atoms with Crippen LogP contribution in [0.1, 0.15) is 41.5 Å². The average Bonchev–Trinajstić information content (AvgIpc) is 3.31. The number of anilines is 1. The van der Waals surface area contributed by atoms with E-state index in [0.29, 0.717) is 13.2 Å². The first-order valence-corrected chi connectivity index (χ1v) is 11.2. The normalized spacial score (nSPS) is 20.5. The molecular weight excluding hydrogens is 378 g/mol. The van der Waals surface area contributed by atoms with Crippen LogP contribution < -0.4 is 16.2 Å². The first-order chi connectivity index (χ1) is 13.5. The van der Waals surface area contributed by atoms with E-state index in [4.69, 9.17) is 15.6 Å². The van der Waals surface area contributed by atoms with Gasteiger partial charge in [0.2, 0.25) is 5.90 Å². The van der Waals surface area contributed by atoms with Crippen molar-refractivity contribution in [1.82, 2.24) is 0 Å². The van der Waals surface area contributed by atoms with Crippen molar-refractivity contribution in [1.29, 1.82) is 0 Å². The van der Waals surface area contributed by atoms with Gasteiger partial charge >= 0.3 is 6.03 Å². The fourth-order valence-electron chi connectivity index (χ4n) is 4.17. The minimum Gasteiger partial charge on any atom is -0.477 e. The lowest BCUT2D eigenvalue weighted by molar-refractivity contribution is 0.260. The lowest BCUT2D eigenvalue weighted by atomic mass is 9.99. The SMILES string of the molecule is N/C=C(\C1=NCCCO1)S(N)(=O)=NC(=O)Nc1c2c(cc3c1CCC3)CCC2. The van der Waals surface area contributed by atoms with Gasteiger partial charge in [0.15, 0.2) is 9.92 Å². The van der Waals surface area contributed by atoms with Crippen LogP contribution in [-0.4, -0.2) is 29.3 Å². The number of fused-ring (bicyclic) bond motifs is 2. The van der Waals surface area contributed by atoms with Crippen LogP contribution in [0.5, 0.6) is 0 Å². The summed E-state index contributed by atoms with van der Waals surface area (Å²) < 4.78 is 22.1. The number of urea groups is 1. The number of nitrogens with zero attached hydrogens (tertiary/aromatic N) is 2. The maximum atomic E-state index is 12.9. The maximum Gasteiger partial charge on any atom is 0.354 e. The van der Waals surface area contributed by atoms with Crippen LogP contribution in [0.3, 0.4) is 0 Å². The van der Waals surface area contributed by atoms with Gasteiger partial charge in [-0.2, -0.15) is 0 Å². The second-order valence-electron chi connectivity index (χ2n) is 7.24. The zero-order chi connectivity index (χ0) is 19.7. The van der Waals surface area contributed by atoms with Gasteiger partial charge in [0.1, 0.15) is 4.91 Å². The van der Waals surface area contributed by atoms with Gasteiger partial charge in [-0.1, -0.05) is 6.07 Å². The molecule has 0 fully saturated rings. The highest BCUT2D eigenvalue weighted by Crippen LogP contribution is 2.38. The van der Waals surface area contributed by atoms with Gasteiger partial charge < -0.3 is 15.8 Å². The average molecular weight is 404 g/mol. The molecule has 150 valence electrons. The van der Waals surface area contributed by atoms with Crippen molar-refractivity contribution in [2.24, 2.45) is 20.2 Å². The van der Waals surface area contributed by atoms with Crippen LogP contribution >= 0.6 is 0 Å². The number of aliphatic imine (C=N–C) groups is 1. The Kier molecular flexibility index (Phi) is 5.11. The van der Waals surface area contributed by atoms with E-state index in [-0.39, 0.29) is 10.8 Å². The molecule has 28 heavy (non-hydrogen) atoms. The van der Waals surface area contributed by atoms with E-state index in [1.54, 1.807) is 0 Å². The number of rotatable bonds is 3. The van der Waals surface area contributed by atoms with Crippen LogP contribution in [0, 0.1) is 0 Å². The quantitative estimate of drug-likeness (QED) is 0.713. The van der Waals surface area contributed by atoms with Crippen LogP contribution in [0.15, 0.2) is 26.5 Å². The molecule has 8 nitrogen and oxygen atoms in total. The highest BCUT2D eigenvalue weighted by atomic mass is 32.2. The molecule has 2 amide bonds. The summed E-state index contributed by atoms with van der Waals surface area (Å²) >= 11 is 0. The zero-order valence-corrected chi connectivity index (χ0v) is 16.5. The van der Waals surface area contributed by atoms with Crippen molar-refractivity contribution in [2.75, 3.05) is 18.5 Å². The predicted molar refractivity (Wildman–Crippen MR) is 109 cm³/mol. The summed E-state index contributed by atoms with van der Waals surface area (Å²) in [6, 6.07) is 1.54. The molecule has 1 heterocycles. The van der Waals surface area contributed by atoms with Crippen LogP contribution in [0.4, 0.5) is 10.5 Å². The summed E-state index contributed by atoms with van der Waals surface area (Å²) in [5.41, 5.74) is 11.3. The summed E-state index contributed by atoms with van der Waals surface area (Å²) in [6.45, 7) is 0.955. The van der Waals surface area contributed by atoms with Gasteiger partial charge in [0, 0.05) is 24.9 Å². The number of amides is 2. The lowest BCUT2D eigenvalue weighted by Gasteiger charge is -2.17. The molecule has 0 aromatic heterocycles. The molecule has 9 heteroatoms. The Balaban J connectivity index is 1.64. The van der Waals surface area contributed by atoms with Crippen molar-refractivity contribution in [3.05, 3.63) is 39.4 Å². The fourth-order valence-corrected chi connectivity index (χ4v) is 5.13. The highest BCUT2D eigenvalue weighted by Gasteiger charge is 2.26. The van der Waals surface area contributed by atoms with E-state index in [9.17, 15) is 9.00 Å². The molecular formula is C19H25N5O3S. The summed E-state index contributed by atoms with van der Waals surface area (Å²) in [6.07, 6.45) is 7.85. The molecule has 1 aliphatic heterocycles. The number of hydrogen-bond acceptors (Lipinski definition) is 5. The molecule has 0 bridgehead atoms. The summed E-state index contributed by atoms with van der Waals surface area (Å²) in [5, 5.41) is 8.74. The molecule has 1 aromatic rings. The second-order valence-corrected chi connectivity index (χ2v) is 9.00. The van der Waals surface area contributed by atoms with Crippen molar-refractivity contribution in [3.63, 3.8) is 0 Å². The molecule has 0 spiro atoms. The van der Waals surface area contributed by atoms with E-state index < -0.39 is 15.9 Å².